The standard InChI is InChI=1S/C11H20N2O2S/c1-3-16-8-10(12-9(2)14)11(15)13-6-4-5-7-13/h10H,3-8H2,1-2H3,(H,12,14)/t10-/m0/s1. The van der Waals surface area contributed by atoms with Crippen molar-refractivity contribution in [3.05, 3.63) is 0 Å². The Balaban J connectivity index is 2.51. The number of rotatable bonds is 5. The van der Waals surface area contributed by atoms with Crippen LogP contribution in [0.4, 0.5) is 0 Å². The van der Waals surface area contributed by atoms with Gasteiger partial charge in [-0.3, -0.25) is 9.59 Å². The summed E-state index contributed by atoms with van der Waals surface area (Å²) in [7, 11) is 0. The molecule has 0 bridgehead atoms. The summed E-state index contributed by atoms with van der Waals surface area (Å²) in [5.74, 6) is 1.58. The maximum Gasteiger partial charge on any atom is 0.246 e. The molecule has 0 aromatic heterocycles. The van der Waals surface area contributed by atoms with Crippen molar-refractivity contribution in [1.82, 2.24) is 10.2 Å². The van der Waals surface area contributed by atoms with Gasteiger partial charge in [-0.1, -0.05) is 6.92 Å². The summed E-state index contributed by atoms with van der Waals surface area (Å²) >= 11 is 1.68. The first kappa shape index (κ1) is 13.4. The number of hydrogen-bond donors (Lipinski definition) is 1. The van der Waals surface area contributed by atoms with Crippen molar-refractivity contribution in [3.63, 3.8) is 0 Å². The lowest BCUT2D eigenvalue weighted by atomic mass is 10.3. The number of nitrogens with zero attached hydrogens (tertiary/aromatic N) is 1. The molecular formula is C11H20N2O2S. The van der Waals surface area contributed by atoms with Gasteiger partial charge in [-0.2, -0.15) is 11.8 Å². The van der Waals surface area contributed by atoms with Crippen molar-refractivity contribution < 1.29 is 9.59 Å². The van der Waals surface area contributed by atoms with Crippen LogP contribution >= 0.6 is 11.8 Å². The summed E-state index contributed by atoms with van der Waals surface area (Å²) in [4.78, 5) is 25.0. The fraction of sp³-hybridized carbons (Fsp3) is 0.818. The Hall–Kier alpha value is -0.710. The SMILES string of the molecule is CCSC[C@H](NC(C)=O)C(=O)N1CCCC1. The predicted octanol–water partition coefficient (Wildman–Crippen LogP) is 0.867. The van der Waals surface area contributed by atoms with Gasteiger partial charge in [0.2, 0.25) is 11.8 Å². The first-order valence-electron chi connectivity index (χ1n) is 5.78. The molecule has 1 saturated heterocycles. The van der Waals surface area contributed by atoms with Crippen LogP contribution < -0.4 is 5.32 Å². The van der Waals surface area contributed by atoms with Gasteiger partial charge >= 0.3 is 0 Å². The molecule has 1 atom stereocenters. The monoisotopic (exact) mass is 244 g/mol. The Morgan fingerprint density at radius 3 is 2.50 bits per heavy atom. The number of carbonyl (C=O) groups excluding carboxylic acids is 2. The molecule has 92 valence electrons. The van der Waals surface area contributed by atoms with Crippen molar-refractivity contribution >= 4 is 23.6 Å². The van der Waals surface area contributed by atoms with Crippen molar-refractivity contribution in [3.8, 4) is 0 Å². The molecule has 0 radical (unpaired) electrons. The number of likely N-dealkylation sites (tertiary alicyclic amines) is 1. The average Bonchev–Trinajstić information content (AvgIpc) is 2.76. The first-order chi connectivity index (χ1) is 7.65. The molecule has 0 spiro atoms. The highest BCUT2D eigenvalue weighted by molar-refractivity contribution is 7.99. The van der Waals surface area contributed by atoms with Gasteiger partial charge in [-0.25, -0.2) is 0 Å². The second-order valence-corrected chi connectivity index (χ2v) is 5.26. The number of hydrogen-bond acceptors (Lipinski definition) is 3. The van der Waals surface area contributed by atoms with E-state index in [-0.39, 0.29) is 17.9 Å². The average molecular weight is 244 g/mol. The Morgan fingerprint density at radius 2 is 2.00 bits per heavy atom. The van der Waals surface area contributed by atoms with Crippen LogP contribution in [0.2, 0.25) is 0 Å². The minimum atomic E-state index is -0.347. The summed E-state index contributed by atoms with van der Waals surface area (Å²) in [5, 5.41) is 2.74. The molecular weight excluding hydrogens is 224 g/mol. The first-order valence-corrected chi connectivity index (χ1v) is 6.94. The molecule has 1 aliphatic rings. The van der Waals surface area contributed by atoms with Crippen LogP contribution in [0.1, 0.15) is 26.7 Å². The van der Waals surface area contributed by atoms with Gasteiger partial charge in [0, 0.05) is 25.8 Å². The zero-order chi connectivity index (χ0) is 12.0. The maximum atomic E-state index is 12.1. The van der Waals surface area contributed by atoms with Gasteiger partial charge < -0.3 is 10.2 Å². The zero-order valence-corrected chi connectivity index (χ0v) is 10.8. The van der Waals surface area contributed by atoms with Crippen molar-refractivity contribution in [2.24, 2.45) is 0 Å². The highest BCUT2D eigenvalue weighted by Gasteiger charge is 2.26. The fourth-order valence-electron chi connectivity index (χ4n) is 1.81. The number of amides is 2. The summed E-state index contributed by atoms with van der Waals surface area (Å²) in [6, 6.07) is -0.347. The van der Waals surface area contributed by atoms with Gasteiger partial charge in [0.05, 0.1) is 0 Å². The molecule has 1 rings (SSSR count). The molecule has 0 aliphatic carbocycles. The van der Waals surface area contributed by atoms with Gasteiger partial charge in [0.15, 0.2) is 0 Å². The third-order valence-corrected chi connectivity index (χ3v) is 3.56. The maximum absolute atomic E-state index is 12.1. The summed E-state index contributed by atoms with van der Waals surface area (Å²) in [5.41, 5.74) is 0. The molecule has 1 aliphatic heterocycles. The molecule has 0 aromatic rings. The highest BCUT2D eigenvalue weighted by atomic mass is 32.2. The molecule has 1 heterocycles. The molecule has 0 unspecified atom stereocenters. The van der Waals surface area contributed by atoms with E-state index in [1.807, 2.05) is 4.90 Å². The minimum Gasteiger partial charge on any atom is -0.344 e. The van der Waals surface area contributed by atoms with Gasteiger partial charge in [0.1, 0.15) is 6.04 Å². The second kappa shape index (κ2) is 6.78. The highest BCUT2D eigenvalue weighted by Crippen LogP contribution is 2.11. The Bertz CT molecular complexity index is 252. The van der Waals surface area contributed by atoms with Crippen LogP contribution in [-0.2, 0) is 9.59 Å². The van der Waals surface area contributed by atoms with E-state index < -0.39 is 0 Å². The van der Waals surface area contributed by atoms with Crippen molar-refractivity contribution in [2.75, 3.05) is 24.6 Å². The van der Waals surface area contributed by atoms with Crippen molar-refractivity contribution in [1.29, 1.82) is 0 Å². The Labute approximate surface area is 101 Å². The normalized spacial score (nSPS) is 17.2. The van der Waals surface area contributed by atoms with Crippen LogP contribution in [0.15, 0.2) is 0 Å². The van der Waals surface area contributed by atoms with E-state index in [1.54, 1.807) is 11.8 Å². The van der Waals surface area contributed by atoms with E-state index in [4.69, 9.17) is 0 Å². The van der Waals surface area contributed by atoms with E-state index in [1.165, 1.54) is 6.92 Å². The lowest BCUT2D eigenvalue weighted by Crippen LogP contribution is -2.48. The van der Waals surface area contributed by atoms with Crippen LogP contribution in [0.3, 0.4) is 0 Å². The molecule has 1 fully saturated rings. The summed E-state index contributed by atoms with van der Waals surface area (Å²) in [6.07, 6.45) is 2.17. The fourth-order valence-corrected chi connectivity index (χ4v) is 2.51. The topological polar surface area (TPSA) is 49.4 Å². The smallest absolute Gasteiger partial charge is 0.246 e. The zero-order valence-electron chi connectivity index (χ0n) is 9.99. The Kier molecular flexibility index (Phi) is 5.66. The summed E-state index contributed by atoms with van der Waals surface area (Å²) in [6.45, 7) is 5.19. The molecule has 1 N–H and O–H groups in total. The molecule has 16 heavy (non-hydrogen) atoms. The van der Waals surface area contributed by atoms with E-state index in [0.29, 0.717) is 5.75 Å². The van der Waals surface area contributed by atoms with Gasteiger partial charge in [-0.15, -0.1) is 0 Å². The van der Waals surface area contributed by atoms with E-state index in [2.05, 4.69) is 12.2 Å². The third-order valence-electron chi connectivity index (χ3n) is 2.58. The van der Waals surface area contributed by atoms with Crippen molar-refractivity contribution in [2.45, 2.75) is 32.7 Å². The predicted molar refractivity (Wildman–Crippen MR) is 66.4 cm³/mol. The summed E-state index contributed by atoms with van der Waals surface area (Å²) < 4.78 is 0. The van der Waals surface area contributed by atoms with E-state index in [0.717, 1.165) is 31.7 Å². The van der Waals surface area contributed by atoms with Crippen LogP contribution in [-0.4, -0.2) is 47.4 Å². The minimum absolute atomic E-state index is 0.0775. The van der Waals surface area contributed by atoms with Crippen LogP contribution in [0.25, 0.3) is 0 Å². The molecule has 0 saturated carbocycles. The third kappa shape index (κ3) is 4.04. The number of carbonyl (C=O) groups is 2. The van der Waals surface area contributed by atoms with Gasteiger partial charge in [-0.05, 0) is 18.6 Å². The van der Waals surface area contributed by atoms with Crippen LogP contribution in [0, 0.1) is 0 Å². The van der Waals surface area contributed by atoms with Gasteiger partial charge in [0.25, 0.3) is 0 Å². The largest absolute Gasteiger partial charge is 0.344 e. The molecule has 4 nitrogen and oxygen atoms in total. The molecule has 5 heteroatoms. The molecule has 2 amide bonds. The lowest BCUT2D eigenvalue weighted by Gasteiger charge is -2.23. The lowest BCUT2D eigenvalue weighted by molar-refractivity contribution is -0.134. The number of nitrogens with one attached hydrogen (secondary N) is 1. The van der Waals surface area contributed by atoms with E-state index in [9.17, 15) is 9.59 Å². The Morgan fingerprint density at radius 1 is 1.38 bits per heavy atom. The quantitative estimate of drug-likeness (QED) is 0.780. The molecule has 0 aromatic carbocycles. The van der Waals surface area contributed by atoms with E-state index >= 15 is 0 Å². The van der Waals surface area contributed by atoms with Crippen LogP contribution in [0.5, 0.6) is 0 Å². The number of thioether (sulfide) groups is 1. The second-order valence-electron chi connectivity index (χ2n) is 3.94.